The summed E-state index contributed by atoms with van der Waals surface area (Å²) in [6, 6.07) is 12.5. The molecule has 3 aromatic rings. The van der Waals surface area contributed by atoms with Gasteiger partial charge >= 0.3 is 0 Å². The molecule has 0 bridgehead atoms. The molecule has 1 unspecified atom stereocenters. The first-order valence-corrected chi connectivity index (χ1v) is 10.4. The molecule has 1 aromatic heterocycles. The van der Waals surface area contributed by atoms with Gasteiger partial charge in [-0.25, -0.2) is 0 Å². The van der Waals surface area contributed by atoms with Gasteiger partial charge in [0.05, 0.1) is 10.2 Å². The molecule has 0 saturated heterocycles. The van der Waals surface area contributed by atoms with Crippen molar-refractivity contribution < 1.29 is 9.59 Å². The number of aromatic nitrogens is 1. The quantitative estimate of drug-likeness (QED) is 0.695. The van der Waals surface area contributed by atoms with Crippen LogP contribution in [0.4, 0.5) is 0 Å². The van der Waals surface area contributed by atoms with Gasteiger partial charge in [0.1, 0.15) is 6.04 Å². The van der Waals surface area contributed by atoms with E-state index in [1.165, 1.54) is 11.3 Å². The van der Waals surface area contributed by atoms with E-state index >= 15 is 0 Å². The number of hydrogen-bond donors (Lipinski definition) is 1. The number of halogens is 1. The molecule has 1 atom stereocenters. The Labute approximate surface area is 171 Å². The van der Waals surface area contributed by atoms with Gasteiger partial charge in [-0.2, -0.15) is 4.99 Å². The number of nitrogens with zero attached hydrogens (tertiary/aromatic N) is 2. The third kappa shape index (κ3) is 3.88. The number of amides is 2. The van der Waals surface area contributed by atoms with Crippen molar-refractivity contribution in [3.05, 3.63) is 63.4 Å². The molecule has 1 heterocycles. The molecule has 1 fully saturated rings. The van der Waals surface area contributed by atoms with Gasteiger partial charge in [-0.3, -0.25) is 9.59 Å². The highest BCUT2D eigenvalue weighted by molar-refractivity contribution is 7.16. The standard InChI is InChI=1S/C21H20ClN3O2S/c1-12-6-9-17-18(10-12)28-21(24-20(27)14-4-3-5-15(22)11-14)25(17)13(2)19(26)23-16-7-8-16/h3-6,9-11,13,16H,7-8H2,1-2H3,(H,23,26). The summed E-state index contributed by atoms with van der Waals surface area (Å²) in [5, 5.41) is 3.52. The predicted octanol–water partition coefficient (Wildman–Crippen LogP) is 4.25. The van der Waals surface area contributed by atoms with E-state index in [2.05, 4.69) is 10.3 Å². The summed E-state index contributed by atoms with van der Waals surface area (Å²) in [5.74, 6) is -0.436. The summed E-state index contributed by atoms with van der Waals surface area (Å²) < 4.78 is 2.84. The number of rotatable bonds is 4. The highest BCUT2D eigenvalue weighted by atomic mass is 35.5. The third-order valence-corrected chi connectivity index (χ3v) is 5.99. The Balaban J connectivity index is 1.82. The van der Waals surface area contributed by atoms with Crippen molar-refractivity contribution in [2.75, 3.05) is 0 Å². The van der Waals surface area contributed by atoms with Crippen LogP contribution in [-0.4, -0.2) is 22.4 Å². The molecule has 1 aliphatic rings. The average Bonchev–Trinajstić information content (AvgIpc) is 3.40. The van der Waals surface area contributed by atoms with E-state index < -0.39 is 6.04 Å². The number of benzene rings is 2. The van der Waals surface area contributed by atoms with Gasteiger partial charge < -0.3 is 9.88 Å². The minimum absolute atomic E-state index is 0.0561. The molecule has 2 amide bonds. The van der Waals surface area contributed by atoms with Crippen LogP contribution >= 0.6 is 22.9 Å². The maximum atomic E-state index is 12.7. The first-order valence-electron chi connectivity index (χ1n) is 9.19. The fraction of sp³-hybridized carbons (Fsp3) is 0.286. The third-order valence-electron chi connectivity index (χ3n) is 4.74. The van der Waals surface area contributed by atoms with Crippen molar-refractivity contribution in [3.63, 3.8) is 0 Å². The number of thiazole rings is 1. The van der Waals surface area contributed by atoms with Crippen LogP contribution in [-0.2, 0) is 4.79 Å². The Morgan fingerprint density at radius 3 is 2.75 bits per heavy atom. The van der Waals surface area contributed by atoms with Gasteiger partial charge in [0.15, 0.2) is 4.80 Å². The Morgan fingerprint density at radius 2 is 2.04 bits per heavy atom. The molecule has 28 heavy (non-hydrogen) atoms. The zero-order chi connectivity index (χ0) is 19.8. The van der Waals surface area contributed by atoms with Crippen LogP contribution in [0, 0.1) is 6.92 Å². The number of carbonyl (C=O) groups is 2. The van der Waals surface area contributed by atoms with Crippen LogP contribution in [0.1, 0.15) is 41.7 Å². The van der Waals surface area contributed by atoms with E-state index in [9.17, 15) is 9.59 Å². The summed E-state index contributed by atoms with van der Waals surface area (Å²) in [7, 11) is 0. The molecule has 5 nitrogen and oxygen atoms in total. The van der Waals surface area contributed by atoms with E-state index in [0.29, 0.717) is 15.4 Å². The molecule has 0 radical (unpaired) electrons. The molecule has 1 saturated carbocycles. The molecule has 144 valence electrons. The Morgan fingerprint density at radius 1 is 1.25 bits per heavy atom. The lowest BCUT2D eigenvalue weighted by atomic mass is 10.2. The summed E-state index contributed by atoms with van der Waals surface area (Å²) in [5.41, 5.74) is 2.43. The molecule has 0 aliphatic heterocycles. The van der Waals surface area contributed by atoms with Gasteiger partial charge in [0, 0.05) is 16.6 Å². The second kappa shape index (κ2) is 7.53. The molecule has 4 rings (SSSR count). The fourth-order valence-corrected chi connectivity index (χ4v) is 4.43. The second-order valence-electron chi connectivity index (χ2n) is 7.11. The Bertz CT molecular complexity index is 1140. The SMILES string of the molecule is Cc1ccc2c(c1)sc(=NC(=O)c1cccc(Cl)c1)n2C(C)C(=O)NC1CC1. The molecule has 0 spiro atoms. The van der Waals surface area contributed by atoms with Crippen molar-refractivity contribution in [1.29, 1.82) is 0 Å². The van der Waals surface area contributed by atoms with E-state index in [4.69, 9.17) is 11.6 Å². The van der Waals surface area contributed by atoms with Crippen molar-refractivity contribution in [2.45, 2.75) is 38.8 Å². The van der Waals surface area contributed by atoms with Crippen LogP contribution in [0.5, 0.6) is 0 Å². The first-order chi connectivity index (χ1) is 13.4. The lowest BCUT2D eigenvalue weighted by Crippen LogP contribution is -2.35. The Hall–Kier alpha value is -2.44. The number of fused-ring (bicyclic) bond motifs is 1. The van der Waals surface area contributed by atoms with Crippen LogP contribution in [0.15, 0.2) is 47.5 Å². The lowest BCUT2D eigenvalue weighted by molar-refractivity contribution is -0.124. The number of carbonyl (C=O) groups excluding carboxylic acids is 2. The number of aryl methyl sites for hydroxylation is 1. The highest BCUT2D eigenvalue weighted by Gasteiger charge is 2.27. The smallest absolute Gasteiger partial charge is 0.279 e. The fourth-order valence-electron chi connectivity index (χ4n) is 3.04. The van der Waals surface area contributed by atoms with E-state index in [0.717, 1.165) is 28.6 Å². The minimum atomic E-state index is -0.469. The second-order valence-corrected chi connectivity index (χ2v) is 8.56. The number of nitrogens with one attached hydrogen (secondary N) is 1. The van der Waals surface area contributed by atoms with Gasteiger partial charge in [0.25, 0.3) is 5.91 Å². The first kappa shape index (κ1) is 18.9. The van der Waals surface area contributed by atoms with Crippen molar-refractivity contribution >= 4 is 45.0 Å². The van der Waals surface area contributed by atoms with E-state index in [1.54, 1.807) is 24.3 Å². The maximum absolute atomic E-state index is 12.7. The molecule has 1 aliphatic carbocycles. The summed E-state index contributed by atoms with van der Waals surface area (Å²) in [4.78, 5) is 30.2. The van der Waals surface area contributed by atoms with E-state index in [-0.39, 0.29) is 17.9 Å². The predicted molar refractivity (Wildman–Crippen MR) is 112 cm³/mol. The van der Waals surface area contributed by atoms with E-state index in [1.807, 2.05) is 36.6 Å². The normalized spacial score (nSPS) is 15.6. The average molecular weight is 414 g/mol. The van der Waals surface area contributed by atoms with Crippen molar-refractivity contribution in [3.8, 4) is 0 Å². The molecule has 1 N–H and O–H groups in total. The van der Waals surface area contributed by atoms with Gasteiger partial charge in [-0.1, -0.05) is 35.1 Å². The topological polar surface area (TPSA) is 63.5 Å². The zero-order valence-electron chi connectivity index (χ0n) is 15.6. The zero-order valence-corrected chi connectivity index (χ0v) is 17.2. The van der Waals surface area contributed by atoms with Crippen LogP contribution in [0.3, 0.4) is 0 Å². The van der Waals surface area contributed by atoms with Crippen molar-refractivity contribution in [1.82, 2.24) is 9.88 Å². The highest BCUT2D eigenvalue weighted by Crippen LogP contribution is 2.24. The Kier molecular flexibility index (Phi) is 5.08. The minimum Gasteiger partial charge on any atom is -0.352 e. The lowest BCUT2D eigenvalue weighted by Gasteiger charge is -2.15. The molecule has 7 heteroatoms. The van der Waals surface area contributed by atoms with Gasteiger partial charge in [0.2, 0.25) is 5.91 Å². The molecule has 2 aromatic carbocycles. The van der Waals surface area contributed by atoms with Crippen LogP contribution in [0.25, 0.3) is 10.2 Å². The number of hydrogen-bond acceptors (Lipinski definition) is 3. The van der Waals surface area contributed by atoms with Crippen molar-refractivity contribution in [2.24, 2.45) is 4.99 Å². The molecular weight excluding hydrogens is 394 g/mol. The molecular formula is C21H20ClN3O2S. The maximum Gasteiger partial charge on any atom is 0.279 e. The summed E-state index contributed by atoms with van der Waals surface area (Å²) in [6.07, 6.45) is 2.05. The van der Waals surface area contributed by atoms with Crippen LogP contribution < -0.4 is 10.1 Å². The monoisotopic (exact) mass is 413 g/mol. The largest absolute Gasteiger partial charge is 0.352 e. The van der Waals surface area contributed by atoms with Crippen LogP contribution in [0.2, 0.25) is 5.02 Å². The van der Waals surface area contributed by atoms with Gasteiger partial charge in [-0.15, -0.1) is 0 Å². The summed E-state index contributed by atoms with van der Waals surface area (Å²) in [6.45, 7) is 3.85. The van der Waals surface area contributed by atoms with Gasteiger partial charge in [-0.05, 0) is 62.6 Å². The summed E-state index contributed by atoms with van der Waals surface area (Å²) >= 11 is 7.41.